The average Bonchev–Trinajstić information content (AvgIpc) is 3.34. The summed E-state index contributed by atoms with van der Waals surface area (Å²) in [6, 6.07) is -0.00558. The van der Waals surface area contributed by atoms with Crippen molar-refractivity contribution in [3.63, 3.8) is 0 Å². The molecule has 11 nitrogen and oxygen atoms in total. The van der Waals surface area contributed by atoms with Gasteiger partial charge in [-0.2, -0.15) is 9.97 Å². The summed E-state index contributed by atoms with van der Waals surface area (Å²) in [6.07, 6.45) is 0.380. The Balaban J connectivity index is 1.28. The SMILES string of the molecule is CC1(C)C2CCC(C(=O)CCOc3nc(N)c4ncn(C5O[C@@H](CO)[C@H](O)[C@@H]5O)c4n3)C1C2. The molecule has 2 bridgehead atoms. The van der Waals surface area contributed by atoms with Crippen LogP contribution in [0.1, 0.15) is 45.8 Å². The first kappa shape index (κ1) is 22.5. The van der Waals surface area contributed by atoms with Crippen molar-refractivity contribution in [3.05, 3.63) is 6.33 Å². The molecule has 0 amide bonds. The summed E-state index contributed by atoms with van der Waals surface area (Å²) in [7, 11) is 0. The highest BCUT2D eigenvalue weighted by atomic mass is 16.6. The number of nitrogen functional groups attached to an aromatic ring is 1. The molecule has 180 valence electrons. The van der Waals surface area contributed by atoms with Crippen molar-refractivity contribution in [2.24, 2.45) is 23.2 Å². The van der Waals surface area contributed by atoms with Gasteiger partial charge >= 0.3 is 6.01 Å². The molecule has 4 unspecified atom stereocenters. The van der Waals surface area contributed by atoms with Crippen LogP contribution in [0.2, 0.25) is 0 Å². The van der Waals surface area contributed by atoms with E-state index in [9.17, 15) is 20.1 Å². The van der Waals surface area contributed by atoms with Gasteiger partial charge in [0.15, 0.2) is 23.2 Å². The second kappa shape index (κ2) is 8.15. The quantitative estimate of drug-likeness (QED) is 0.454. The fourth-order valence-corrected chi connectivity index (χ4v) is 5.90. The molecule has 0 spiro atoms. The number of nitrogens with two attached hydrogens (primary N) is 1. The van der Waals surface area contributed by atoms with Crippen LogP contribution in [0.15, 0.2) is 6.33 Å². The van der Waals surface area contributed by atoms with Gasteiger partial charge in [0.05, 0.1) is 19.5 Å². The van der Waals surface area contributed by atoms with E-state index in [0.717, 1.165) is 25.2 Å². The zero-order valence-electron chi connectivity index (χ0n) is 18.8. The molecule has 3 aliphatic carbocycles. The van der Waals surface area contributed by atoms with E-state index in [1.165, 1.54) is 10.9 Å². The van der Waals surface area contributed by atoms with E-state index in [-0.39, 0.29) is 47.6 Å². The van der Waals surface area contributed by atoms with Gasteiger partial charge in [0.1, 0.15) is 24.1 Å². The van der Waals surface area contributed by atoms with Crippen LogP contribution in [-0.4, -0.2) is 72.1 Å². The highest BCUT2D eigenvalue weighted by molar-refractivity contribution is 5.82. The van der Waals surface area contributed by atoms with Crippen LogP contribution in [-0.2, 0) is 9.53 Å². The molecule has 3 saturated carbocycles. The first-order valence-electron chi connectivity index (χ1n) is 11.5. The molecular formula is C22H31N5O6. The van der Waals surface area contributed by atoms with Gasteiger partial charge in [-0.05, 0) is 36.5 Å². The number of ketones is 1. The molecule has 11 heteroatoms. The molecule has 1 aliphatic heterocycles. The van der Waals surface area contributed by atoms with Gasteiger partial charge in [0.2, 0.25) is 0 Å². The largest absolute Gasteiger partial charge is 0.463 e. The minimum atomic E-state index is -1.29. The van der Waals surface area contributed by atoms with Gasteiger partial charge in [-0.25, -0.2) is 4.98 Å². The monoisotopic (exact) mass is 461 g/mol. The van der Waals surface area contributed by atoms with Crippen molar-refractivity contribution in [1.82, 2.24) is 19.5 Å². The zero-order chi connectivity index (χ0) is 23.5. The number of aromatic nitrogens is 4. The van der Waals surface area contributed by atoms with Crippen molar-refractivity contribution < 1.29 is 29.6 Å². The maximum Gasteiger partial charge on any atom is 0.320 e. The Morgan fingerprint density at radius 2 is 2.09 bits per heavy atom. The molecule has 5 N–H and O–H groups in total. The van der Waals surface area contributed by atoms with Crippen molar-refractivity contribution in [1.29, 1.82) is 0 Å². The number of ether oxygens (including phenoxy) is 2. The molecular weight excluding hydrogens is 430 g/mol. The third-order valence-corrected chi connectivity index (χ3v) is 8.07. The van der Waals surface area contributed by atoms with Crippen LogP contribution in [0.4, 0.5) is 5.82 Å². The normalized spacial score (nSPS) is 34.9. The lowest BCUT2D eigenvalue weighted by Gasteiger charge is -2.59. The summed E-state index contributed by atoms with van der Waals surface area (Å²) in [5.41, 5.74) is 6.81. The lowest BCUT2D eigenvalue weighted by Crippen LogP contribution is -2.54. The standard InChI is InChI=1S/C22H31N5O6/c1-22(2)10-3-4-11(12(22)7-10)13(29)5-6-32-21-25-18(23)15-19(26-21)27(9-24-15)20-17(31)16(30)14(8-28)33-20/h9-12,14,16-17,20,28,30-31H,3-8H2,1-2H3,(H2,23,25,26)/t10?,11?,12?,14-,16-,17-,20?/m0/s1. The molecule has 0 aromatic carbocycles. The van der Waals surface area contributed by atoms with E-state index >= 15 is 0 Å². The minimum Gasteiger partial charge on any atom is -0.463 e. The Morgan fingerprint density at radius 3 is 2.76 bits per heavy atom. The van der Waals surface area contributed by atoms with Gasteiger partial charge in [0, 0.05) is 12.3 Å². The molecule has 4 aliphatic rings. The van der Waals surface area contributed by atoms with E-state index in [1.807, 2.05) is 0 Å². The summed E-state index contributed by atoms with van der Waals surface area (Å²) in [6.45, 7) is 4.23. The van der Waals surface area contributed by atoms with E-state index < -0.39 is 31.1 Å². The number of carbonyl (C=O) groups excluding carboxylic acids is 1. The summed E-state index contributed by atoms with van der Waals surface area (Å²) in [5, 5.41) is 29.7. The van der Waals surface area contributed by atoms with Crippen molar-refractivity contribution in [2.45, 2.75) is 64.1 Å². The summed E-state index contributed by atoms with van der Waals surface area (Å²) < 4.78 is 12.7. The second-order valence-electron chi connectivity index (χ2n) is 10.1. The predicted molar refractivity (Wildman–Crippen MR) is 116 cm³/mol. The highest BCUT2D eigenvalue weighted by Crippen LogP contribution is 2.61. The number of rotatable bonds is 7. The molecule has 2 aromatic rings. The Kier molecular flexibility index (Phi) is 5.55. The Hall–Kier alpha value is -2.34. The number of fused-ring (bicyclic) bond motifs is 3. The summed E-state index contributed by atoms with van der Waals surface area (Å²) >= 11 is 0. The van der Waals surface area contributed by atoms with E-state index in [0.29, 0.717) is 11.4 Å². The number of Topliss-reactive ketones (excluding diaryl/α,β-unsaturated/α-hetero) is 1. The van der Waals surface area contributed by atoms with Crippen LogP contribution in [0, 0.1) is 23.2 Å². The van der Waals surface area contributed by atoms with E-state index in [4.69, 9.17) is 15.2 Å². The van der Waals surface area contributed by atoms with Crippen LogP contribution in [0.25, 0.3) is 11.2 Å². The average molecular weight is 462 g/mol. The number of anilines is 1. The Morgan fingerprint density at radius 1 is 1.30 bits per heavy atom. The van der Waals surface area contributed by atoms with Crippen molar-refractivity contribution in [3.8, 4) is 6.01 Å². The van der Waals surface area contributed by atoms with Gasteiger partial charge in [-0.1, -0.05) is 13.8 Å². The predicted octanol–water partition coefficient (Wildman–Crippen LogP) is 0.430. The Labute approximate surface area is 190 Å². The molecule has 33 heavy (non-hydrogen) atoms. The maximum absolute atomic E-state index is 12.9. The smallest absolute Gasteiger partial charge is 0.320 e. The van der Waals surface area contributed by atoms with Crippen LogP contribution in [0.5, 0.6) is 6.01 Å². The number of aliphatic hydroxyl groups excluding tert-OH is 3. The molecule has 2 aromatic heterocycles. The third kappa shape index (κ3) is 3.58. The number of carbonyl (C=O) groups is 1. The topological polar surface area (TPSA) is 166 Å². The van der Waals surface area contributed by atoms with Crippen LogP contribution < -0.4 is 10.5 Å². The Bertz CT molecular complexity index is 1060. The number of hydrogen-bond acceptors (Lipinski definition) is 10. The zero-order valence-corrected chi connectivity index (χ0v) is 18.8. The molecule has 0 radical (unpaired) electrons. The van der Waals surface area contributed by atoms with Crippen molar-refractivity contribution in [2.75, 3.05) is 18.9 Å². The molecule has 4 fully saturated rings. The number of imidazole rings is 1. The fraction of sp³-hybridized carbons (Fsp3) is 0.727. The molecule has 7 atom stereocenters. The molecule has 3 heterocycles. The molecule has 1 saturated heterocycles. The second-order valence-corrected chi connectivity index (χ2v) is 10.1. The minimum absolute atomic E-state index is 0.00558. The van der Waals surface area contributed by atoms with Crippen molar-refractivity contribution >= 4 is 22.8 Å². The third-order valence-electron chi connectivity index (χ3n) is 8.07. The fourth-order valence-electron chi connectivity index (χ4n) is 5.90. The lowest BCUT2D eigenvalue weighted by molar-refractivity contribution is -0.146. The number of aliphatic hydroxyl groups is 3. The van der Waals surface area contributed by atoms with Gasteiger partial charge < -0.3 is 30.5 Å². The van der Waals surface area contributed by atoms with Gasteiger partial charge in [0.25, 0.3) is 0 Å². The number of nitrogens with zero attached hydrogens (tertiary/aromatic N) is 4. The van der Waals surface area contributed by atoms with E-state index in [2.05, 4.69) is 28.8 Å². The maximum atomic E-state index is 12.9. The molecule has 6 rings (SSSR count). The first-order chi connectivity index (χ1) is 15.7. The first-order valence-corrected chi connectivity index (χ1v) is 11.5. The highest BCUT2D eigenvalue weighted by Gasteiger charge is 2.55. The van der Waals surface area contributed by atoms with Gasteiger partial charge in [-0.15, -0.1) is 0 Å². The lowest BCUT2D eigenvalue weighted by atomic mass is 9.45. The number of hydrogen-bond donors (Lipinski definition) is 4. The van der Waals surface area contributed by atoms with Crippen LogP contribution >= 0.6 is 0 Å². The van der Waals surface area contributed by atoms with Crippen LogP contribution in [0.3, 0.4) is 0 Å². The van der Waals surface area contributed by atoms with Gasteiger partial charge in [-0.3, -0.25) is 9.36 Å². The van der Waals surface area contributed by atoms with E-state index in [1.54, 1.807) is 0 Å². The summed E-state index contributed by atoms with van der Waals surface area (Å²) in [5.74, 6) is 1.60. The summed E-state index contributed by atoms with van der Waals surface area (Å²) in [4.78, 5) is 25.5.